The van der Waals surface area contributed by atoms with Gasteiger partial charge in [0.05, 0.1) is 23.7 Å². The number of likely N-dealkylation sites (tertiary alicyclic amines) is 1. The van der Waals surface area contributed by atoms with E-state index in [0.717, 1.165) is 36.0 Å². The van der Waals surface area contributed by atoms with Crippen LogP contribution in [0.3, 0.4) is 0 Å². The van der Waals surface area contributed by atoms with Gasteiger partial charge in [-0.15, -0.1) is 0 Å². The van der Waals surface area contributed by atoms with Crippen molar-refractivity contribution >= 4 is 27.5 Å². The predicted octanol–water partition coefficient (Wildman–Crippen LogP) is 2.69. The Labute approximate surface area is 182 Å². The zero-order chi connectivity index (χ0) is 21.8. The topological polar surface area (TPSA) is 99.9 Å². The summed E-state index contributed by atoms with van der Waals surface area (Å²) < 4.78 is 30.6. The molecule has 9 heteroatoms. The lowest BCUT2D eigenvalue weighted by atomic mass is 10.1. The monoisotopic (exact) mass is 445 g/mol. The summed E-state index contributed by atoms with van der Waals surface area (Å²) >= 11 is 0. The van der Waals surface area contributed by atoms with E-state index in [-0.39, 0.29) is 29.8 Å². The Morgan fingerprint density at radius 1 is 1.06 bits per heavy atom. The third kappa shape index (κ3) is 4.83. The highest BCUT2D eigenvalue weighted by Gasteiger charge is 2.36. The van der Waals surface area contributed by atoms with Crippen LogP contribution in [0.15, 0.2) is 47.1 Å². The number of nitrogens with one attached hydrogen (secondary N) is 1. The molecule has 8 nitrogen and oxygen atoms in total. The molecule has 0 aliphatic carbocycles. The van der Waals surface area contributed by atoms with E-state index in [1.165, 1.54) is 25.0 Å². The van der Waals surface area contributed by atoms with E-state index >= 15 is 0 Å². The van der Waals surface area contributed by atoms with Crippen molar-refractivity contribution in [1.29, 1.82) is 0 Å². The first-order valence-corrected chi connectivity index (χ1v) is 12.3. The van der Waals surface area contributed by atoms with Gasteiger partial charge in [-0.3, -0.25) is 14.5 Å². The molecule has 2 saturated heterocycles. The number of anilines is 1. The van der Waals surface area contributed by atoms with Crippen LogP contribution in [-0.2, 0) is 14.8 Å². The summed E-state index contributed by atoms with van der Waals surface area (Å²) in [6, 6.07) is 9.82. The summed E-state index contributed by atoms with van der Waals surface area (Å²) in [5.41, 5.74) is 0.666. The van der Waals surface area contributed by atoms with Crippen LogP contribution in [0.1, 0.15) is 54.3 Å². The number of amides is 2. The van der Waals surface area contributed by atoms with Gasteiger partial charge in [-0.1, -0.05) is 12.8 Å². The molecule has 2 amide bonds. The normalized spacial score (nSPS) is 20.4. The highest BCUT2D eigenvalue weighted by molar-refractivity contribution is 7.94. The summed E-state index contributed by atoms with van der Waals surface area (Å²) in [6.07, 6.45) is 6.32. The van der Waals surface area contributed by atoms with E-state index in [1.54, 1.807) is 18.4 Å². The molecule has 2 aromatic rings. The first kappa shape index (κ1) is 21.6. The number of rotatable bonds is 6. The molecule has 2 aliphatic rings. The van der Waals surface area contributed by atoms with E-state index in [4.69, 9.17) is 4.42 Å². The van der Waals surface area contributed by atoms with Crippen LogP contribution in [0, 0.1) is 0 Å². The molecule has 0 saturated carbocycles. The van der Waals surface area contributed by atoms with Crippen molar-refractivity contribution in [2.24, 2.45) is 0 Å². The Morgan fingerprint density at radius 2 is 1.77 bits per heavy atom. The fraction of sp³-hybridized carbons (Fsp3) is 0.455. The Morgan fingerprint density at radius 3 is 2.35 bits per heavy atom. The Bertz CT molecular complexity index is 1010. The van der Waals surface area contributed by atoms with Crippen molar-refractivity contribution in [1.82, 2.24) is 10.2 Å². The molecule has 1 aromatic heterocycles. The van der Waals surface area contributed by atoms with Crippen LogP contribution in [0.4, 0.5) is 5.69 Å². The Kier molecular flexibility index (Phi) is 6.43. The second-order valence-electron chi connectivity index (χ2n) is 7.96. The maximum Gasteiger partial charge on any atom is 0.251 e. The predicted molar refractivity (Wildman–Crippen MR) is 116 cm³/mol. The zero-order valence-electron chi connectivity index (χ0n) is 17.3. The zero-order valence-corrected chi connectivity index (χ0v) is 18.1. The number of hydrogen-bond donors (Lipinski definition) is 1. The van der Waals surface area contributed by atoms with Crippen molar-refractivity contribution in [3.05, 3.63) is 54.0 Å². The standard InChI is InChI=1S/C22H27N3O5S/c26-21-11-15-31(28,29)25(21)18-9-7-17(8-10-18)22(27)23-16-19(20-6-5-14-30-20)24-12-3-1-2-4-13-24/h5-10,14,19H,1-4,11-13,15-16H2,(H,23,27). The number of carbonyl (C=O) groups excluding carboxylic acids is 2. The fourth-order valence-electron chi connectivity index (χ4n) is 4.21. The fourth-order valence-corrected chi connectivity index (χ4v) is 5.67. The van der Waals surface area contributed by atoms with Gasteiger partial charge in [0.15, 0.2) is 0 Å². The minimum atomic E-state index is -3.62. The molecule has 2 fully saturated rings. The van der Waals surface area contributed by atoms with E-state index in [0.29, 0.717) is 12.1 Å². The largest absolute Gasteiger partial charge is 0.468 e. The van der Waals surface area contributed by atoms with Crippen molar-refractivity contribution in [3.8, 4) is 0 Å². The van der Waals surface area contributed by atoms with Gasteiger partial charge in [-0.05, 0) is 62.3 Å². The van der Waals surface area contributed by atoms with E-state index in [2.05, 4.69) is 10.2 Å². The Hall–Kier alpha value is -2.65. The number of carbonyl (C=O) groups is 2. The number of hydrogen-bond acceptors (Lipinski definition) is 6. The molecule has 1 aromatic carbocycles. The lowest BCUT2D eigenvalue weighted by molar-refractivity contribution is -0.116. The van der Waals surface area contributed by atoms with Crippen molar-refractivity contribution in [2.75, 3.05) is 29.7 Å². The van der Waals surface area contributed by atoms with E-state index < -0.39 is 15.9 Å². The average Bonchev–Trinajstić information content (AvgIpc) is 3.28. The highest BCUT2D eigenvalue weighted by atomic mass is 32.2. The summed E-state index contributed by atoms with van der Waals surface area (Å²) in [5, 5.41) is 2.98. The van der Waals surface area contributed by atoms with Gasteiger partial charge < -0.3 is 9.73 Å². The van der Waals surface area contributed by atoms with Crippen LogP contribution in [0.25, 0.3) is 0 Å². The number of nitrogens with zero attached hydrogens (tertiary/aromatic N) is 2. The lowest BCUT2D eigenvalue weighted by Gasteiger charge is -2.29. The molecule has 0 radical (unpaired) electrons. The molecule has 166 valence electrons. The summed E-state index contributed by atoms with van der Waals surface area (Å²) in [5.74, 6) is -0.0570. The maximum atomic E-state index is 12.7. The first-order chi connectivity index (χ1) is 15.0. The first-order valence-electron chi connectivity index (χ1n) is 10.7. The second-order valence-corrected chi connectivity index (χ2v) is 9.90. The quantitative estimate of drug-likeness (QED) is 0.734. The number of sulfonamides is 1. The summed E-state index contributed by atoms with van der Waals surface area (Å²) in [7, 11) is -3.62. The molecule has 0 bridgehead atoms. The molecule has 1 N–H and O–H groups in total. The molecule has 0 spiro atoms. The minimum Gasteiger partial charge on any atom is -0.468 e. The number of furan rings is 1. The van der Waals surface area contributed by atoms with Gasteiger partial charge in [0.25, 0.3) is 5.91 Å². The van der Waals surface area contributed by atoms with Gasteiger partial charge in [-0.25, -0.2) is 12.7 Å². The van der Waals surface area contributed by atoms with Crippen LogP contribution >= 0.6 is 0 Å². The molecular formula is C22H27N3O5S. The lowest BCUT2D eigenvalue weighted by Crippen LogP contribution is -2.38. The second kappa shape index (κ2) is 9.23. The van der Waals surface area contributed by atoms with Crippen molar-refractivity contribution in [2.45, 2.75) is 38.1 Å². The minimum absolute atomic E-state index is 0.0186. The van der Waals surface area contributed by atoms with Gasteiger partial charge in [0.2, 0.25) is 15.9 Å². The molecule has 31 heavy (non-hydrogen) atoms. The highest BCUT2D eigenvalue weighted by Crippen LogP contribution is 2.26. The molecule has 2 aliphatic heterocycles. The van der Waals surface area contributed by atoms with Crippen LogP contribution in [0.5, 0.6) is 0 Å². The average molecular weight is 446 g/mol. The third-order valence-electron chi connectivity index (χ3n) is 5.85. The van der Waals surface area contributed by atoms with Gasteiger partial charge in [0.1, 0.15) is 5.76 Å². The molecule has 3 heterocycles. The summed E-state index contributed by atoms with van der Waals surface area (Å²) in [6.45, 7) is 2.34. The molecule has 1 atom stereocenters. The van der Waals surface area contributed by atoms with E-state index in [1.807, 2.05) is 12.1 Å². The van der Waals surface area contributed by atoms with Crippen LogP contribution < -0.4 is 9.62 Å². The maximum absolute atomic E-state index is 12.7. The van der Waals surface area contributed by atoms with Gasteiger partial charge in [-0.2, -0.15) is 0 Å². The van der Waals surface area contributed by atoms with Crippen molar-refractivity contribution < 1.29 is 22.4 Å². The van der Waals surface area contributed by atoms with Gasteiger partial charge in [0, 0.05) is 18.5 Å². The SMILES string of the molecule is O=C(NCC(c1ccco1)N1CCCCCC1)c1ccc(N2C(=O)CCS2(=O)=O)cc1. The Balaban J connectivity index is 1.44. The molecule has 4 rings (SSSR count). The van der Waals surface area contributed by atoms with Crippen LogP contribution in [0.2, 0.25) is 0 Å². The summed E-state index contributed by atoms with van der Waals surface area (Å²) in [4.78, 5) is 27.0. The number of benzene rings is 1. The molecule has 1 unspecified atom stereocenters. The van der Waals surface area contributed by atoms with Crippen LogP contribution in [-0.4, -0.2) is 50.5 Å². The van der Waals surface area contributed by atoms with Crippen molar-refractivity contribution in [3.63, 3.8) is 0 Å². The molecular weight excluding hydrogens is 418 g/mol. The van der Waals surface area contributed by atoms with E-state index in [9.17, 15) is 18.0 Å². The van der Waals surface area contributed by atoms with Gasteiger partial charge >= 0.3 is 0 Å². The third-order valence-corrected chi connectivity index (χ3v) is 7.54. The smallest absolute Gasteiger partial charge is 0.251 e.